The van der Waals surface area contributed by atoms with Crippen molar-refractivity contribution in [3.05, 3.63) is 29.8 Å². The van der Waals surface area contributed by atoms with Crippen LogP contribution in [0.2, 0.25) is 0 Å². The summed E-state index contributed by atoms with van der Waals surface area (Å²) in [7, 11) is 3.17. The summed E-state index contributed by atoms with van der Waals surface area (Å²) in [5.41, 5.74) is 7.26. The lowest BCUT2D eigenvalue weighted by Gasteiger charge is -2.15. The van der Waals surface area contributed by atoms with Crippen molar-refractivity contribution < 1.29 is 9.47 Å². The number of anilines is 1. The Balaban J connectivity index is 2.92. The highest BCUT2D eigenvalue weighted by molar-refractivity contribution is 5.46. The van der Waals surface area contributed by atoms with E-state index in [1.54, 1.807) is 14.2 Å². The highest BCUT2D eigenvalue weighted by atomic mass is 16.7. The van der Waals surface area contributed by atoms with E-state index in [0.717, 1.165) is 5.56 Å². The molecule has 0 saturated carbocycles. The van der Waals surface area contributed by atoms with Gasteiger partial charge in [-0.05, 0) is 6.07 Å². The molecular formula is C9H13NO2. The van der Waals surface area contributed by atoms with Crippen molar-refractivity contribution in [1.82, 2.24) is 0 Å². The lowest BCUT2D eigenvalue weighted by Crippen LogP contribution is -2.06. The minimum Gasteiger partial charge on any atom is -0.398 e. The van der Waals surface area contributed by atoms with Crippen molar-refractivity contribution in [2.24, 2.45) is 0 Å². The average Bonchev–Trinajstić information content (AvgIpc) is 2.10. The van der Waals surface area contributed by atoms with Gasteiger partial charge in [0.25, 0.3) is 0 Å². The summed E-state index contributed by atoms with van der Waals surface area (Å²) in [6.07, 6.45) is -0.369. The number of methoxy groups -OCH3 is 2. The Hall–Kier alpha value is -1.06. The van der Waals surface area contributed by atoms with E-state index in [4.69, 9.17) is 15.2 Å². The number of benzene rings is 1. The van der Waals surface area contributed by atoms with Crippen LogP contribution in [-0.2, 0) is 9.47 Å². The SMILES string of the molecule is COC(OC)c1ccccc1N. The Morgan fingerprint density at radius 2 is 1.75 bits per heavy atom. The molecule has 0 radical (unpaired) electrons. The van der Waals surface area contributed by atoms with Gasteiger partial charge < -0.3 is 15.2 Å². The molecule has 0 unspecified atom stereocenters. The number of nitrogens with two attached hydrogens (primary N) is 1. The van der Waals surface area contributed by atoms with Crippen LogP contribution in [0.3, 0.4) is 0 Å². The molecule has 1 aromatic carbocycles. The molecule has 66 valence electrons. The third-order valence-corrected chi connectivity index (χ3v) is 1.68. The minimum absolute atomic E-state index is 0.369. The van der Waals surface area contributed by atoms with Gasteiger partial charge in [0.05, 0.1) is 0 Å². The number of para-hydroxylation sites is 1. The second kappa shape index (κ2) is 4.09. The summed E-state index contributed by atoms with van der Waals surface area (Å²) < 4.78 is 10.1. The average molecular weight is 167 g/mol. The number of hydrogen-bond donors (Lipinski definition) is 1. The Bertz CT molecular complexity index is 246. The zero-order valence-corrected chi connectivity index (χ0v) is 7.28. The molecule has 3 heteroatoms. The van der Waals surface area contributed by atoms with Gasteiger partial charge in [0, 0.05) is 25.5 Å². The molecule has 1 rings (SSSR count). The summed E-state index contributed by atoms with van der Waals surface area (Å²) >= 11 is 0. The molecule has 0 aromatic heterocycles. The van der Waals surface area contributed by atoms with Crippen LogP contribution < -0.4 is 5.73 Å². The first-order valence-corrected chi connectivity index (χ1v) is 3.69. The summed E-state index contributed by atoms with van der Waals surface area (Å²) in [4.78, 5) is 0. The molecule has 12 heavy (non-hydrogen) atoms. The Kier molecular flexibility index (Phi) is 3.08. The van der Waals surface area contributed by atoms with Crippen molar-refractivity contribution in [2.75, 3.05) is 20.0 Å². The van der Waals surface area contributed by atoms with Crippen LogP contribution in [0.4, 0.5) is 5.69 Å². The van der Waals surface area contributed by atoms with Gasteiger partial charge in [0.15, 0.2) is 6.29 Å². The molecule has 0 aliphatic carbocycles. The maximum absolute atomic E-state index is 5.71. The smallest absolute Gasteiger partial charge is 0.185 e. The van der Waals surface area contributed by atoms with Crippen LogP contribution in [0, 0.1) is 0 Å². The van der Waals surface area contributed by atoms with E-state index in [9.17, 15) is 0 Å². The fourth-order valence-electron chi connectivity index (χ4n) is 1.08. The van der Waals surface area contributed by atoms with Gasteiger partial charge in [-0.15, -0.1) is 0 Å². The van der Waals surface area contributed by atoms with E-state index in [1.807, 2.05) is 24.3 Å². The van der Waals surface area contributed by atoms with Gasteiger partial charge >= 0.3 is 0 Å². The van der Waals surface area contributed by atoms with Gasteiger partial charge in [-0.1, -0.05) is 18.2 Å². The predicted octanol–water partition coefficient (Wildman–Crippen LogP) is 1.56. The largest absolute Gasteiger partial charge is 0.398 e. The molecule has 0 amide bonds. The second-order valence-electron chi connectivity index (χ2n) is 2.43. The van der Waals surface area contributed by atoms with Gasteiger partial charge in [-0.3, -0.25) is 0 Å². The Labute approximate surface area is 72.1 Å². The summed E-state index contributed by atoms with van der Waals surface area (Å²) in [6, 6.07) is 7.48. The molecular weight excluding hydrogens is 154 g/mol. The fourth-order valence-corrected chi connectivity index (χ4v) is 1.08. The van der Waals surface area contributed by atoms with Gasteiger partial charge in [-0.2, -0.15) is 0 Å². The van der Waals surface area contributed by atoms with Crippen LogP contribution in [0.25, 0.3) is 0 Å². The quantitative estimate of drug-likeness (QED) is 0.549. The Morgan fingerprint density at radius 1 is 1.17 bits per heavy atom. The summed E-state index contributed by atoms with van der Waals surface area (Å²) in [6.45, 7) is 0. The monoisotopic (exact) mass is 167 g/mol. The van der Waals surface area contributed by atoms with Crippen molar-refractivity contribution in [2.45, 2.75) is 6.29 Å². The molecule has 0 fully saturated rings. The molecule has 2 N–H and O–H groups in total. The van der Waals surface area contributed by atoms with Crippen LogP contribution in [0.15, 0.2) is 24.3 Å². The van der Waals surface area contributed by atoms with E-state index >= 15 is 0 Å². The lowest BCUT2D eigenvalue weighted by atomic mass is 10.2. The number of ether oxygens (including phenoxy) is 2. The predicted molar refractivity (Wildman–Crippen MR) is 47.6 cm³/mol. The minimum atomic E-state index is -0.369. The standard InChI is InChI=1S/C9H13NO2/c1-11-9(12-2)7-5-3-4-6-8(7)10/h3-6,9H,10H2,1-2H3. The van der Waals surface area contributed by atoms with E-state index in [1.165, 1.54) is 0 Å². The van der Waals surface area contributed by atoms with Crippen LogP contribution in [0.5, 0.6) is 0 Å². The molecule has 0 spiro atoms. The summed E-state index contributed by atoms with van der Waals surface area (Å²) in [5.74, 6) is 0. The normalized spacial score (nSPS) is 10.6. The number of hydrogen-bond acceptors (Lipinski definition) is 3. The van der Waals surface area contributed by atoms with Crippen LogP contribution in [-0.4, -0.2) is 14.2 Å². The van der Waals surface area contributed by atoms with Crippen molar-refractivity contribution in [1.29, 1.82) is 0 Å². The molecule has 0 bridgehead atoms. The van der Waals surface area contributed by atoms with E-state index < -0.39 is 0 Å². The van der Waals surface area contributed by atoms with Crippen molar-refractivity contribution >= 4 is 5.69 Å². The van der Waals surface area contributed by atoms with E-state index in [-0.39, 0.29) is 6.29 Å². The third-order valence-electron chi connectivity index (χ3n) is 1.68. The zero-order valence-electron chi connectivity index (χ0n) is 7.28. The fraction of sp³-hybridized carbons (Fsp3) is 0.333. The number of rotatable bonds is 3. The van der Waals surface area contributed by atoms with E-state index in [0.29, 0.717) is 5.69 Å². The van der Waals surface area contributed by atoms with Gasteiger partial charge in [0.1, 0.15) is 0 Å². The van der Waals surface area contributed by atoms with Gasteiger partial charge in [0.2, 0.25) is 0 Å². The first-order chi connectivity index (χ1) is 5.79. The van der Waals surface area contributed by atoms with E-state index in [2.05, 4.69) is 0 Å². The third kappa shape index (κ3) is 1.75. The van der Waals surface area contributed by atoms with Gasteiger partial charge in [-0.25, -0.2) is 0 Å². The van der Waals surface area contributed by atoms with Crippen molar-refractivity contribution in [3.63, 3.8) is 0 Å². The topological polar surface area (TPSA) is 44.5 Å². The van der Waals surface area contributed by atoms with Crippen molar-refractivity contribution in [3.8, 4) is 0 Å². The number of nitrogen functional groups attached to an aromatic ring is 1. The van der Waals surface area contributed by atoms with Crippen LogP contribution >= 0.6 is 0 Å². The zero-order chi connectivity index (χ0) is 8.97. The highest BCUT2D eigenvalue weighted by Gasteiger charge is 2.10. The first-order valence-electron chi connectivity index (χ1n) is 3.69. The molecule has 0 heterocycles. The maximum atomic E-state index is 5.71. The molecule has 1 aromatic rings. The molecule has 0 saturated heterocycles. The molecule has 3 nitrogen and oxygen atoms in total. The lowest BCUT2D eigenvalue weighted by molar-refractivity contribution is -0.105. The maximum Gasteiger partial charge on any atom is 0.185 e. The van der Waals surface area contributed by atoms with Crippen LogP contribution in [0.1, 0.15) is 11.9 Å². The second-order valence-corrected chi connectivity index (χ2v) is 2.43. The molecule has 0 atom stereocenters. The Morgan fingerprint density at radius 3 is 2.25 bits per heavy atom. The summed E-state index contributed by atoms with van der Waals surface area (Å²) in [5, 5.41) is 0. The molecule has 0 aliphatic heterocycles. The highest BCUT2D eigenvalue weighted by Crippen LogP contribution is 2.22. The molecule has 0 aliphatic rings. The first kappa shape index (κ1) is 9.03.